The van der Waals surface area contributed by atoms with Crippen LogP contribution >= 0.6 is 0 Å². The lowest BCUT2D eigenvalue weighted by Gasteiger charge is -2.17. The molecule has 5 heteroatoms. The van der Waals surface area contributed by atoms with Crippen LogP contribution in [-0.2, 0) is 16.1 Å². The summed E-state index contributed by atoms with van der Waals surface area (Å²) >= 11 is 0. The summed E-state index contributed by atoms with van der Waals surface area (Å²) in [6.45, 7) is 2.81. The SMILES string of the molecule is O=C(NCCCOCc1ccco1)C1NCC2CCCC21. The molecule has 5 nitrogen and oxygen atoms in total. The minimum Gasteiger partial charge on any atom is -0.467 e. The third-order valence-electron chi connectivity index (χ3n) is 4.62. The number of rotatable bonds is 7. The van der Waals surface area contributed by atoms with Crippen molar-refractivity contribution >= 4 is 5.91 Å². The second-order valence-electron chi connectivity index (χ2n) is 6.02. The number of hydrogen-bond acceptors (Lipinski definition) is 4. The Morgan fingerprint density at radius 1 is 1.48 bits per heavy atom. The van der Waals surface area contributed by atoms with E-state index in [0.29, 0.717) is 25.7 Å². The zero-order chi connectivity index (χ0) is 14.5. The van der Waals surface area contributed by atoms with Crippen molar-refractivity contribution in [2.24, 2.45) is 11.8 Å². The van der Waals surface area contributed by atoms with Crippen LogP contribution in [0.2, 0.25) is 0 Å². The van der Waals surface area contributed by atoms with E-state index >= 15 is 0 Å². The van der Waals surface area contributed by atoms with E-state index in [1.54, 1.807) is 6.26 Å². The smallest absolute Gasteiger partial charge is 0.237 e. The maximum atomic E-state index is 12.2. The number of amides is 1. The average molecular weight is 292 g/mol. The van der Waals surface area contributed by atoms with Gasteiger partial charge in [-0.25, -0.2) is 0 Å². The molecule has 1 aromatic rings. The second-order valence-corrected chi connectivity index (χ2v) is 6.02. The normalized spacial score (nSPS) is 27.7. The van der Waals surface area contributed by atoms with Gasteiger partial charge in [0, 0.05) is 13.2 Å². The maximum absolute atomic E-state index is 12.2. The summed E-state index contributed by atoms with van der Waals surface area (Å²) in [5.41, 5.74) is 0. The molecule has 1 amide bonds. The van der Waals surface area contributed by atoms with Crippen LogP contribution in [0.3, 0.4) is 0 Å². The Morgan fingerprint density at radius 2 is 2.43 bits per heavy atom. The Balaban J connectivity index is 1.28. The van der Waals surface area contributed by atoms with E-state index in [4.69, 9.17) is 9.15 Å². The highest BCUT2D eigenvalue weighted by atomic mass is 16.5. The molecule has 1 aliphatic heterocycles. The maximum Gasteiger partial charge on any atom is 0.237 e. The van der Waals surface area contributed by atoms with Crippen molar-refractivity contribution in [3.8, 4) is 0 Å². The minimum absolute atomic E-state index is 0.0292. The summed E-state index contributed by atoms with van der Waals surface area (Å²) in [7, 11) is 0. The van der Waals surface area contributed by atoms with Gasteiger partial charge in [-0.05, 0) is 49.8 Å². The molecule has 1 saturated carbocycles. The Hall–Kier alpha value is -1.33. The average Bonchev–Trinajstić information content (AvgIpc) is 3.18. The Bertz CT molecular complexity index is 446. The standard InChI is InChI=1S/C16H24N2O3/c19-16(15-14-6-1-4-12(14)10-18-15)17-7-3-8-20-11-13-5-2-9-21-13/h2,5,9,12,14-15,18H,1,3-4,6-8,10-11H2,(H,17,19). The zero-order valence-electron chi connectivity index (χ0n) is 12.3. The highest BCUT2D eigenvalue weighted by molar-refractivity contribution is 5.82. The number of fused-ring (bicyclic) bond motifs is 1. The molecule has 2 fully saturated rings. The van der Waals surface area contributed by atoms with E-state index in [-0.39, 0.29) is 11.9 Å². The molecule has 3 atom stereocenters. The van der Waals surface area contributed by atoms with Gasteiger partial charge in [-0.1, -0.05) is 6.42 Å². The summed E-state index contributed by atoms with van der Waals surface area (Å²) in [5, 5.41) is 6.40. The minimum atomic E-state index is 0.0292. The molecule has 0 radical (unpaired) electrons. The van der Waals surface area contributed by atoms with E-state index in [9.17, 15) is 4.79 Å². The number of ether oxygens (including phenoxy) is 1. The van der Waals surface area contributed by atoms with Crippen molar-refractivity contribution in [2.45, 2.75) is 38.3 Å². The number of furan rings is 1. The van der Waals surface area contributed by atoms with Gasteiger partial charge < -0.3 is 19.8 Å². The van der Waals surface area contributed by atoms with Gasteiger partial charge in [-0.15, -0.1) is 0 Å². The van der Waals surface area contributed by atoms with Gasteiger partial charge in [0.25, 0.3) is 0 Å². The van der Waals surface area contributed by atoms with Crippen LogP contribution in [0, 0.1) is 11.8 Å². The van der Waals surface area contributed by atoms with Crippen LogP contribution in [0.1, 0.15) is 31.4 Å². The van der Waals surface area contributed by atoms with Crippen LogP contribution in [0.15, 0.2) is 22.8 Å². The summed E-state index contributed by atoms with van der Waals surface area (Å²) in [6.07, 6.45) is 6.22. The van der Waals surface area contributed by atoms with Gasteiger partial charge >= 0.3 is 0 Å². The summed E-state index contributed by atoms with van der Waals surface area (Å²) in [5.74, 6) is 2.27. The fourth-order valence-electron chi connectivity index (χ4n) is 3.54. The molecule has 0 spiro atoms. The molecule has 1 aliphatic carbocycles. The van der Waals surface area contributed by atoms with Gasteiger partial charge in [-0.2, -0.15) is 0 Å². The first kappa shape index (κ1) is 14.6. The number of nitrogens with one attached hydrogen (secondary N) is 2. The van der Waals surface area contributed by atoms with Gasteiger partial charge in [0.2, 0.25) is 5.91 Å². The molecule has 2 aliphatic rings. The molecular formula is C16H24N2O3. The number of carbonyl (C=O) groups is 1. The molecule has 0 aromatic carbocycles. The van der Waals surface area contributed by atoms with Gasteiger partial charge in [0.1, 0.15) is 12.4 Å². The van der Waals surface area contributed by atoms with Crippen LogP contribution < -0.4 is 10.6 Å². The predicted molar refractivity (Wildman–Crippen MR) is 78.6 cm³/mol. The molecule has 1 saturated heterocycles. The van der Waals surface area contributed by atoms with Crippen molar-refractivity contribution in [3.63, 3.8) is 0 Å². The lowest BCUT2D eigenvalue weighted by molar-refractivity contribution is -0.123. The van der Waals surface area contributed by atoms with Crippen molar-refractivity contribution in [2.75, 3.05) is 19.7 Å². The van der Waals surface area contributed by atoms with Gasteiger partial charge in [0.05, 0.1) is 12.3 Å². The van der Waals surface area contributed by atoms with E-state index < -0.39 is 0 Å². The lowest BCUT2D eigenvalue weighted by atomic mass is 9.93. The van der Waals surface area contributed by atoms with Crippen molar-refractivity contribution in [1.82, 2.24) is 10.6 Å². The van der Waals surface area contributed by atoms with Gasteiger partial charge in [0.15, 0.2) is 0 Å². The largest absolute Gasteiger partial charge is 0.467 e. The molecule has 2 heterocycles. The van der Waals surface area contributed by atoms with Crippen molar-refractivity contribution in [3.05, 3.63) is 24.2 Å². The third-order valence-corrected chi connectivity index (χ3v) is 4.62. The first-order chi connectivity index (χ1) is 10.3. The van der Waals surface area contributed by atoms with E-state index in [2.05, 4.69) is 10.6 Å². The Morgan fingerprint density at radius 3 is 3.29 bits per heavy atom. The molecule has 116 valence electrons. The number of hydrogen-bond donors (Lipinski definition) is 2. The molecular weight excluding hydrogens is 268 g/mol. The van der Waals surface area contributed by atoms with Crippen molar-refractivity contribution < 1.29 is 13.9 Å². The first-order valence-electron chi connectivity index (χ1n) is 7.96. The quantitative estimate of drug-likeness (QED) is 0.751. The van der Waals surface area contributed by atoms with Crippen LogP contribution in [0.25, 0.3) is 0 Å². The molecule has 3 rings (SSSR count). The second kappa shape index (κ2) is 7.09. The fourth-order valence-corrected chi connectivity index (χ4v) is 3.54. The van der Waals surface area contributed by atoms with Crippen LogP contribution in [0.5, 0.6) is 0 Å². The van der Waals surface area contributed by atoms with E-state index in [0.717, 1.165) is 24.6 Å². The van der Waals surface area contributed by atoms with E-state index in [1.807, 2.05) is 12.1 Å². The van der Waals surface area contributed by atoms with Crippen LogP contribution in [0.4, 0.5) is 0 Å². The van der Waals surface area contributed by atoms with E-state index in [1.165, 1.54) is 19.3 Å². The highest BCUT2D eigenvalue weighted by Crippen LogP contribution is 2.37. The zero-order valence-corrected chi connectivity index (χ0v) is 12.3. The molecule has 0 bridgehead atoms. The summed E-state index contributed by atoms with van der Waals surface area (Å²) in [4.78, 5) is 12.2. The molecule has 1 aromatic heterocycles. The monoisotopic (exact) mass is 292 g/mol. The highest BCUT2D eigenvalue weighted by Gasteiger charge is 2.42. The first-order valence-corrected chi connectivity index (χ1v) is 7.96. The topological polar surface area (TPSA) is 63.5 Å². The van der Waals surface area contributed by atoms with Gasteiger partial charge in [-0.3, -0.25) is 4.79 Å². The summed E-state index contributed by atoms with van der Waals surface area (Å²) in [6, 6.07) is 3.77. The Kier molecular flexibility index (Phi) is 4.93. The third kappa shape index (κ3) is 3.66. The molecule has 21 heavy (non-hydrogen) atoms. The summed E-state index contributed by atoms with van der Waals surface area (Å²) < 4.78 is 10.7. The lowest BCUT2D eigenvalue weighted by Crippen LogP contribution is -2.44. The van der Waals surface area contributed by atoms with Crippen LogP contribution in [-0.4, -0.2) is 31.6 Å². The predicted octanol–water partition coefficient (Wildman–Crippen LogP) is 1.69. The molecule has 3 unspecified atom stereocenters. The fraction of sp³-hybridized carbons (Fsp3) is 0.688. The Labute approximate surface area is 125 Å². The molecule has 2 N–H and O–H groups in total. The van der Waals surface area contributed by atoms with Crippen molar-refractivity contribution in [1.29, 1.82) is 0 Å². The number of carbonyl (C=O) groups excluding carboxylic acids is 1.